The van der Waals surface area contributed by atoms with Crippen LogP contribution in [0.15, 0.2) is 47.6 Å². The highest BCUT2D eigenvalue weighted by Gasteiger charge is 2.47. The molecule has 0 aliphatic carbocycles. The number of halogens is 1. The van der Waals surface area contributed by atoms with E-state index >= 15 is 0 Å². The van der Waals surface area contributed by atoms with E-state index in [4.69, 9.17) is 26.0 Å². The summed E-state index contributed by atoms with van der Waals surface area (Å²) >= 11 is 6.57. The lowest BCUT2D eigenvalue weighted by Gasteiger charge is -2.42. The smallest absolute Gasteiger partial charge is 0.258 e. The zero-order valence-corrected chi connectivity index (χ0v) is 19.9. The van der Waals surface area contributed by atoms with Crippen LogP contribution >= 0.6 is 11.6 Å². The van der Waals surface area contributed by atoms with Crippen molar-refractivity contribution in [2.75, 3.05) is 0 Å². The Bertz CT molecular complexity index is 801. The van der Waals surface area contributed by atoms with Crippen LogP contribution in [-0.2, 0) is 6.61 Å². The quantitative estimate of drug-likeness (QED) is 0.195. The van der Waals surface area contributed by atoms with Gasteiger partial charge in [0.15, 0.2) is 0 Å². The minimum Gasteiger partial charge on any atom is -0.543 e. The summed E-state index contributed by atoms with van der Waals surface area (Å²) in [5.41, 5.74) is 2.92. The Morgan fingerprint density at radius 1 is 1.00 bits per heavy atom. The first-order chi connectivity index (χ1) is 13.7. The number of oxime groups is 1. The fourth-order valence-electron chi connectivity index (χ4n) is 4.25. The first-order valence-electron chi connectivity index (χ1n) is 10.1. The van der Waals surface area contributed by atoms with E-state index in [1.807, 2.05) is 42.5 Å². The first-order valence-corrected chi connectivity index (χ1v) is 12.6. The van der Waals surface area contributed by atoms with Crippen LogP contribution < -0.4 is 9.16 Å². The third-order valence-corrected chi connectivity index (χ3v) is 11.8. The average molecular weight is 434 g/mol. The van der Waals surface area contributed by atoms with Gasteiger partial charge in [0.1, 0.15) is 18.1 Å². The number of benzene rings is 2. The topological polar surface area (TPSA) is 51.0 Å². The van der Waals surface area contributed by atoms with Gasteiger partial charge in [0.25, 0.3) is 8.32 Å². The van der Waals surface area contributed by atoms with Crippen molar-refractivity contribution in [3.8, 4) is 11.5 Å². The molecule has 2 aromatic rings. The summed E-state index contributed by atoms with van der Waals surface area (Å²) in [5.74, 6) is 1.17. The van der Waals surface area contributed by atoms with E-state index in [1.165, 1.54) is 6.21 Å². The van der Waals surface area contributed by atoms with Gasteiger partial charge in [0, 0.05) is 11.6 Å². The summed E-state index contributed by atoms with van der Waals surface area (Å²) in [7, 11) is -2.13. The van der Waals surface area contributed by atoms with Gasteiger partial charge in [-0.05, 0) is 28.3 Å². The number of nitrogens with zero attached hydrogens (tertiary/aromatic N) is 1. The van der Waals surface area contributed by atoms with Crippen LogP contribution in [0.5, 0.6) is 11.5 Å². The van der Waals surface area contributed by atoms with Crippen molar-refractivity contribution in [3.05, 3.63) is 58.6 Å². The Labute approximate surface area is 180 Å². The Kier molecular flexibility index (Phi) is 8.17. The monoisotopic (exact) mass is 433 g/mol. The standard InChI is InChI=1S/C23H32ClNO3Si/c1-16(2)29(17(3)4,18(5)6)28-21-12-20(14-25-26)23(22(24)13-21)27-15-19-10-8-7-9-11-19/h7-14,16-18,26H,15H2,1-6H3. The molecule has 0 saturated heterocycles. The van der Waals surface area contributed by atoms with Crippen LogP contribution in [0.4, 0.5) is 0 Å². The summed E-state index contributed by atoms with van der Waals surface area (Å²) in [4.78, 5) is 0. The Morgan fingerprint density at radius 2 is 1.59 bits per heavy atom. The molecule has 0 aliphatic rings. The normalized spacial score (nSPS) is 12.3. The van der Waals surface area contributed by atoms with Crippen LogP contribution in [0.1, 0.15) is 52.7 Å². The largest absolute Gasteiger partial charge is 0.543 e. The third kappa shape index (κ3) is 5.34. The molecule has 0 atom stereocenters. The number of rotatable bonds is 9. The van der Waals surface area contributed by atoms with Crippen molar-refractivity contribution < 1.29 is 14.4 Å². The lowest BCUT2D eigenvalue weighted by Crippen LogP contribution is -2.50. The Balaban J connectivity index is 2.40. The zero-order chi connectivity index (χ0) is 21.6. The van der Waals surface area contributed by atoms with Crippen molar-refractivity contribution in [1.29, 1.82) is 0 Å². The molecular formula is C23H32ClNO3Si. The number of ether oxygens (including phenoxy) is 1. The van der Waals surface area contributed by atoms with E-state index in [9.17, 15) is 0 Å². The summed E-state index contributed by atoms with van der Waals surface area (Å²) in [6.45, 7) is 13.8. The van der Waals surface area contributed by atoms with Gasteiger partial charge in [0.05, 0.1) is 11.2 Å². The van der Waals surface area contributed by atoms with Crippen molar-refractivity contribution in [2.45, 2.75) is 64.8 Å². The van der Waals surface area contributed by atoms with E-state index in [0.29, 0.717) is 45.3 Å². The minimum atomic E-state index is -2.13. The molecule has 29 heavy (non-hydrogen) atoms. The van der Waals surface area contributed by atoms with Gasteiger partial charge in [-0.15, -0.1) is 0 Å². The molecule has 0 fully saturated rings. The SMILES string of the molecule is CC(C)[Si](Oc1cc(Cl)c(OCc2ccccc2)c(C=NO)c1)(C(C)C)C(C)C. The highest BCUT2D eigenvalue weighted by Crippen LogP contribution is 2.44. The number of hydrogen-bond acceptors (Lipinski definition) is 4. The summed E-state index contributed by atoms with van der Waals surface area (Å²) < 4.78 is 12.7. The molecular weight excluding hydrogens is 402 g/mol. The molecule has 0 amide bonds. The molecule has 158 valence electrons. The van der Waals surface area contributed by atoms with E-state index in [-0.39, 0.29) is 0 Å². The van der Waals surface area contributed by atoms with Gasteiger partial charge >= 0.3 is 0 Å². The summed E-state index contributed by atoms with van der Waals surface area (Å²) in [5, 5.41) is 12.8. The van der Waals surface area contributed by atoms with Gasteiger partial charge in [-0.3, -0.25) is 0 Å². The van der Waals surface area contributed by atoms with E-state index < -0.39 is 8.32 Å². The molecule has 0 saturated carbocycles. The van der Waals surface area contributed by atoms with Crippen LogP contribution in [0.25, 0.3) is 0 Å². The van der Waals surface area contributed by atoms with Crippen LogP contribution in [0, 0.1) is 0 Å². The van der Waals surface area contributed by atoms with Crippen LogP contribution in [0.2, 0.25) is 21.6 Å². The fourth-order valence-corrected chi connectivity index (χ4v) is 9.75. The molecule has 2 aromatic carbocycles. The molecule has 0 aliphatic heterocycles. The van der Waals surface area contributed by atoms with Gasteiger partial charge in [0.2, 0.25) is 0 Å². The first kappa shape index (κ1) is 23.3. The van der Waals surface area contributed by atoms with Gasteiger partial charge in [-0.1, -0.05) is 88.6 Å². The predicted molar refractivity (Wildman–Crippen MR) is 123 cm³/mol. The fraction of sp³-hybridized carbons (Fsp3) is 0.435. The minimum absolute atomic E-state index is 0.371. The van der Waals surface area contributed by atoms with Gasteiger partial charge < -0.3 is 14.4 Å². The van der Waals surface area contributed by atoms with E-state index in [2.05, 4.69) is 46.7 Å². The maximum absolute atomic E-state index is 9.15. The molecule has 6 heteroatoms. The molecule has 1 N–H and O–H groups in total. The second kappa shape index (κ2) is 10.2. The second-order valence-corrected chi connectivity index (χ2v) is 14.0. The van der Waals surface area contributed by atoms with E-state index in [1.54, 1.807) is 0 Å². The predicted octanol–water partition coefficient (Wildman–Crippen LogP) is 7.28. The highest BCUT2D eigenvalue weighted by molar-refractivity contribution is 6.78. The zero-order valence-electron chi connectivity index (χ0n) is 18.1. The van der Waals surface area contributed by atoms with Gasteiger partial charge in [-0.2, -0.15) is 0 Å². The molecule has 2 rings (SSSR count). The maximum atomic E-state index is 9.15. The van der Waals surface area contributed by atoms with Crippen molar-refractivity contribution in [2.24, 2.45) is 5.16 Å². The van der Waals surface area contributed by atoms with E-state index in [0.717, 1.165) is 5.56 Å². The molecule has 0 aromatic heterocycles. The second-order valence-electron chi connectivity index (χ2n) is 8.26. The number of hydrogen-bond donors (Lipinski definition) is 1. The summed E-state index contributed by atoms with van der Waals surface area (Å²) in [6.07, 6.45) is 1.34. The highest BCUT2D eigenvalue weighted by atomic mass is 35.5. The third-order valence-electron chi connectivity index (χ3n) is 5.47. The maximum Gasteiger partial charge on any atom is 0.258 e. The van der Waals surface area contributed by atoms with Crippen molar-refractivity contribution in [3.63, 3.8) is 0 Å². The molecule has 0 heterocycles. The lowest BCUT2D eigenvalue weighted by atomic mass is 10.2. The molecule has 4 nitrogen and oxygen atoms in total. The Morgan fingerprint density at radius 3 is 2.10 bits per heavy atom. The molecule has 0 spiro atoms. The average Bonchev–Trinajstić information content (AvgIpc) is 2.65. The van der Waals surface area contributed by atoms with Crippen molar-refractivity contribution >= 4 is 26.1 Å². The van der Waals surface area contributed by atoms with Gasteiger partial charge in [-0.25, -0.2) is 0 Å². The van der Waals surface area contributed by atoms with Crippen LogP contribution in [-0.4, -0.2) is 19.7 Å². The molecule has 0 unspecified atom stereocenters. The van der Waals surface area contributed by atoms with Crippen LogP contribution in [0.3, 0.4) is 0 Å². The lowest BCUT2D eigenvalue weighted by molar-refractivity contribution is 0.304. The summed E-state index contributed by atoms with van der Waals surface area (Å²) in [6, 6.07) is 13.5. The molecule has 0 bridgehead atoms. The van der Waals surface area contributed by atoms with Crippen molar-refractivity contribution in [1.82, 2.24) is 0 Å². The Hall–Kier alpha value is -1.98. The molecule has 0 radical (unpaired) electrons.